The summed E-state index contributed by atoms with van der Waals surface area (Å²) < 4.78 is 27.3. The van der Waals surface area contributed by atoms with Gasteiger partial charge in [0.1, 0.15) is 0 Å². The van der Waals surface area contributed by atoms with Crippen molar-refractivity contribution < 1.29 is 8.42 Å². The van der Waals surface area contributed by atoms with Gasteiger partial charge in [0, 0.05) is 24.0 Å². The Balaban J connectivity index is 2.47. The average Bonchev–Trinajstić information content (AvgIpc) is 2.41. The quantitative estimate of drug-likeness (QED) is 0.907. The number of benzene rings is 1. The van der Waals surface area contributed by atoms with Gasteiger partial charge in [0.05, 0.1) is 10.6 Å². The van der Waals surface area contributed by atoms with E-state index in [1.165, 1.54) is 18.5 Å². The molecule has 1 heterocycles. The van der Waals surface area contributed by atoms with Gasteiger partial charge in [-0.2, -0.15) is 0 Å². The second-order valence-electron chi connectivity index (χ2n) is 4.23. The summed E-state index contributed by atoms with van der Waals surface area (Å²) in [6.07, 6.45) is 3.02. The fraction of sp³-hybridized carbons (Fsp3) is 0.154. The Hall–Kier alpha value is -1.63. The Morgan fingerprint density at radius 1 is 1.30 bits per heavy atom. The molecule has 0 unspecified atom stereocenters. The van der Waals surface area contributed by atoms with Crippen LogP contribution >= 0.6 is 11.6 Å². The minimum absolute atomic E-state index is 0.127. The molecule has 0 radical (unpaired) electrons. The number of nitrogens with zero attached hydrogens (tertiary/aromatic N) is 1. The number of nitrogens with two attached hydrogens (primary N) is 1. The van der Waals surface area contributed by atoms with Crippen molar-refractivity contribution in [3.8, 4) is 0 Å². The minimum atomic E-state index is -3.72. The highest BCUT2D eigenvalue weighted by Crippen LogP contribution is 2.25. The first-order valence-electron chi connectivity index (χ1n) is 5.86. The Morgan fingerprint density at radius 3 is 2.55 bits per heavy atom. The van der Waals surface area contributed by atoms with Crippen LogP contribution < -0.4 is 10.5 Å². The predicted molar refractivity (Wildman–Crippen MR) is 79.1 cm³/mol. The number of halogens is 1. The third-order valence-corrected chi connectivity index (χ3v) is 4.60. The zero-order chi connectivity index (χ0) is 14.8. The van der Waals surface area contributed by atoms with Crippen LogP contribution in [0.5, 0.6) is 0 Å². The molecule has 7 heteroatoms. The third-order valence-electron chi connectivity index (χ3n) is 2.87. The van der Waals surface area contributed by atoms with E-state index >= 15 is 0 Å². The fourth-order valence-electron chi connectivity index (χ4n) is 1.83. The van der Waals surface area contributed by atoms with Crippen molar-refractivity contribution in [2.75, 3.05) is 4.72 Å². The topological polar surface area (TPSA) is 85.1 Å². The molecule has 2 aromatic rings. The van der Waals surface area contributed by atoms with Crippen molar-refractivity contribution in [3.05, 3.63) is 52.8 Å². The summed E-state index contributed by atoms with van der Waals surface area (Å²) >= 11 is 5.95. The van der Waals surface area contributed by atoms with E-state index < -0.39 is 10.0 Å². The number of aromatic nitrogens is 1. The van der Waals surface area contributed by atoms with Crippen LogP contribution in [0.25, 0.3) is 0 Å². The standard InChI is InChI=1S/C13H14ClN3O2S/c1-9-10(8-15)6-11(14)7-13(9)20(18,19)17-12-2-4-16-5-3-12/h2-7H,8,15H2,1H3,(H,16,17). The van der Waals surface area contributed by atoms with Crippen LogP contribution in [0, 0.1) is 6.92 Å². The second-order valence-corrected chi connectivity index (χ2v) is 6.32. The number of sulfonamides is 1. The summed E-state index contributed by atoms with van der Waals surface area (Å²) in [4.78, 5) is 3.96. The van der Waals surface area contributed by atoms with Crippen LogP contribution in [-0.2, 0) is 16.6 Å². The Kier molecular flexibility index (Phi) is 4.27. The molecule has 0 aliphatic rings. The predicted octanol–water partition coefficient (Wildman–Crippen LogP) is 2.30. The molecule has 0 atom stereocenters. The first kappa shape index (κ1) is 14.8. The Morgan fingerprint density at radius 2 is 1.95 bits per heavy atom. The third kappa shape index (κ3) is 3.09. The number of hydrogen-bond donors (Lipinski definition) is 2. The monoisotopic (exact) mass is 311 g/mol. The second kappa shape index (κ2) is 5.78. The maximum absolute atomic E-state index is 12.4. The van der Waals surface area contributed by atoms with Crippen LogP contribution in [0.2, 0.25) is 5.02 Å². The van der Waals surface area contributed by atoms with Crippen molar-refractivity contribution >= 4 is 27.3 Å². The maximum atomic E-state index is 12.4. The van der Waals surface area contributed by atoms with E-state index in [0.717, 1.165) is 0 Å². The van der Waals surface area contributed by atoms with Crippen molar-refractivity contribution in [2.24, 2.45) is 5.73 Å². The fourth-order valence-corrected chi connectivity index (χ4v) is 3.51. The normalized spacial score (nSPS) is 11.3. The summed E-state index contributed by atoms with van der Waals surface area (Å²) in [5, 5.41) is 0.339. The van der Waals surface area contributed by atoms with Crippen LogP contribution in [0.15, 0.2) is 41.6 Å². The Bertz CT molecular complexity index is 718. The molecule has 0 spiro atoms. The highest BCUT2D eigenvalue weighted by molar-refractivity contribution is 7.92. The van der Waals surface area contributed by atoms with E-state index in [9.17, 15) is 8.42 Å². The van der Waals surface area contributed by atoms with Crippen molar-refractivity contribution in [1.29, 1.82) is 0 Å². The molecule has 2 rings (SSSR count). The molecule has 0 amide bonds. The molecule has 106 valence electrons. The van der Waals surface area contributed by atoms with E-state index in [0.29, 0.717) is 21.8 Å². The first-order chi connectivity index (χ1) is 9.44. The Labute approximate surface area is 122 Å². The molecule has 3 N–H and O–H groups in total. The van der Waals surface area contributed by atoms with E-state index in [1.54, 1.807) is 25.1 Å². The van der Waals surface area contributed by atoms with E-state index in [4.69, 9.17) is 17.3 Å². The van der Waals surface area contributed by atoms with Crippen LogP contribution in [-0.4, -0.2) is 13.4 Å². The van der Waals surface area contributed by atoms with Gasteiger partial charge in [-0.25, -0.2) is 8.42 Å². The van der Waals surface area contributed by atoms with E-state index in [-0.39, 0.29) is 11.4 Å². The van der Waals surface area contributed by atoms with E-state index in [2.05, 4.69) is 9.71 Å². The largest absolute Gasteiger partial charge is 0.326 e. The SMILES string of the molecule is Cc1c(CN)cc(Cl)cc1S(=O)(=O)Nc1ccncc1. The molecule has 1 aromatic carbocycles. The van der Waals surface area contributed by atoms with Crippen molar-refractivity contribution in [1.82, 2.24) is 4.98 Å². The van der Waals surface area contributed by atoms with Crippen molar-refractivity contribution in [2.45, 2.75) is 18.4 Å². The molecule has 5 nitrogen and oxygen atoms in total. The van der Waals surface area contributed by atoms with Crippen LogP contribution in [0.4, 0.5) is 5.69 Å². The molecule has 20 heavy (non-hydrogen) atoms. The summed E-state index contributed by atoms with van der Waals surface area (Å²) in [5.41, 5.74) is 7.34. The number of pyridine rings is 1. The molecule has 0 saturated carbocycles. The first-order valence-corrected chi connectivity index (χ1v) is 7.72. The summed E-state index contributed by atoms with van der Waals surface area (Å²) in [7, 11) is -3.72. The lowest BCUT2D eigenvalue weighted by molar-refractivity contribution is 0.600. The molecule has 0 saturated heterocycles. The summed E-state index contributed by atoms with van der Waals surface area (Å²) in [6, 6.07) is 6.23. The molecule has 0 aliphatic heterocycles. The number of hydrogen-bond acceptors (Lipinski definition) is 4. The average molecular weight is 312 g/mol. The van der Waals surface area contributed by atoms with Crippen LogP contribution in [0.3, 0.4) is 0 Å². The smallest absolute Gasteiger partial charge is 0.262 e. The zero-order valence-electron chi connectivity index (χ0n) is 10.8. The van der Waals surface area contributed by atoms with Crippen molar-refractivity contribution in [3.63, 3.8) is 0 Å². The number of anilines is 1. The summed E-state index contributed by atoms with van der Waals surface area (Å²) in [5.74, 6) is 0. The van der Waals surface area contributed by atoms with Gasteiger partial charge in [-0.1, -0.05) is 11.6 Å². The van der Waals surface area contributed by atoms with Gasteiger partial charge in [-0.3, -0.25) is 9.71 Å². The summed E-state index contributed by atoms with van der Waals surface area (Å²) in [6.45, 7) is 1.93. The van der Waals surface area contributed by atoms with Gasteiger partial charge in [0.2, 0.25) is 0 Å². The van der Waals surface area contributed by atoms with Gasteiger partial charge in [-0.15, -0.1) is 0 Å². The zero-order valence-corrected chi connectivity index (χ0v) is 12.4. The number of nitrogens with one attached hydrogen (secondary N) is 1. The molecule has 1 aromatic heterocycles. The van der Waals surface area contributed by atoms with Gasteiger partial charge in [0.15, 0.2) is 0 Å². The lowest BCUT2D eigenvalue weighted by atomic mass is 10.1. The van der Waals surface area contributed by atoms with E-state index in [1.807, 2.05) is 0 Å². The van der Waals surface area contributed by atoms with Gasteiger partial charge < -0.3 is 5.73 Å². The molecule has 0 fully saturated rings. The molecular weight excluding hydrogens is 298 g/mol. The lowest BCUT2D eigenvalue weighted by Crippen LogP contribution is -2.15. The highest BCUT2D eigenvalue weighted by Gasteiger charge is 2.19. The lowest BCUT2D eigenvalue weighted by Gasteiger charge is -2.13. The van der Waals surface area contributed by atoms with Gasteiger partial charge >= 0.3 is 0 Å². The van der Waals surface area contributed by atoms with Gasteiger partial charge in [-0.05, 0) is 42.3 Å². The minimum Gasteiger partial charge on any atom is -0.326 e. The maximum Gasteiger partial charge on any atom is 0.262 e. The van der Waals surface area contributed by atoms with Gasteiger partial charge in [0.25, 0.3) is 10.0 Å². The molecule has 0 aliphatic carbocycles. The number of rotatable bonds is 4. The highest BCUT2D eigenvalue weighted by atomic mass is 35.5. The molecule has 0 bridgehead atoms. The van der Waals surface area contributed by atoms with Crippen LogP contribution in [0.1, 0.15) is 11.1 Å². The molecular formula is C13H14ClN3O2S.